The first-order valence-electron chi connectivity index (χ1n) is 6.38. The van der Waals surface area contributed by atoms with Gasteiger partial charge in [0.25, 0.3) is 0 Å². The van der Waals surface area contributed by atoms with E-state index in [0.29, 0.717) is 5.92 Å². The normalized spacial score (nSPS) is 24.6. The van der Waals surface area contributed by atoms with Crippen molar-refractivity contribution in [2.45, 2.75) is 32.8 Å². The number of nitrogens with zero attached hydrogens (tertiary/aromatic N) is 1. The van der Waals surface area contributed by atoms with Crippen molar-refractivity contribution in [3.63, 3.8) is 0 Å². The van der Waals surface area contributed by atoms with Crippen LogP contribution in [0.2, 0.25) is 0 Å². The van der Waals surface area contributed by atoms with E-state index in [-0.39, 0.29) is 6.10 Å². The van der Waals surface area contributed by atoms with Crippen molar-refractivity contribution >= 4 is 11.0 Å². The molecule has 3 heteroatoms. The number of aryl methyl sites for hydroxylation is 1. The van der Waals surface area contributed by atoms with Crippen LogP contribution in [0, 0.1) is 5.92 Å². The minimum Gasteiger partial charge on any atom is -0.370 e. The van der Waals surface area contributed by atoms with Gasteiger partial charge in [0.05, 0.1) is 11.0 Å². The molecule has 0 amide bonds. The van der Waals surface area contributed by atoms with E-state index in [1.807, 2.05) is 0 Å². The minimum absolute atomic E-state index is 0.146. The minimum atomic E-state index is 0.146. The quantitative estimate of drug-likeness (QED) is 0.860. The van der Waals surface area contributed by atoms with Crippen molar-refractivity contribution in [2.75, 3.05) is 6.61 Å². The molecule has 0 spiro atoms. The lowest BCUT2D eigenvalue weighted by molar-refractivity contribution is 0.0883. The predicted octanol–water partition coefficient (Wildman–Crippen LogP) is 3.22. The lowest BCUT2D eigenvalue weighted by Crippen LogP contribution is -2.05. The summed E-state index contributed by atoms with van der Waals surface area (Å²) in [7, 11) is 0. The van der Waals surface area contributed by atoms with Crippen LogP contribution in [0.4, 0.5) is 0 Å². The number of ether oxygens (including phenoxy) is 1. The van der Waals surface area contributed by atoms with Crippen LogP contribution in [0.5, 0.6) is 0 Å². The van der Waals surface area contributed by atoms with E-state index in [4.69, 9.17) is 4.74 Å². The van der Waals surface area contributed by atoms with Crippen LogP contribution < -0.4 is 0 Å². The van der Waals surface area contributed by atoms with Gasteiger partial charge in [-0.2, -0.15) is 0 Å². The van der Waals surface area contributed by atoms with Gasteiger partial charge in [-0.15, -0.1) is 0 Å². The second-order valence-electron chi connectivity index (χ2n) is 4.88. The van der Waals surface area contributed by atoms with Gasteiger partial charge < -0.3 is 9.72 Å². The topological polar surface area (TPSA) is 37.9 Å². The summed E-state index contributed by atoms with van der Waals surface area (Å²) >= 11 is 0. The van der Waals surface area contributed by atoms with Gasteiger partial charge in [0.1, 0.15) is 11.9 Å². The summed E-state index contributed by atoms with van der Waals surface area (Å²) < 4.78 is 5.74. The average molecular weight is 230 g/mol. The maximum absolute atomic E-state index is 5.74. The molecule has 0 bridgehead atoms. The van der Waals surface area contributed by atoms with E-state index in [0.717, 1.165) is 36.3 Å². The van der Waals surface area contributed by atoms with Crippen molar-refractivity contribution in [3.8, 4) is 0 Å². The van der Waals surface area contributed by atoms with Crippen molar-refractivity contribution in [2.24, 2.45) is 5.92 Å². The molecule has 1 fully saturated rings. The molecule has 17 heavy (non-hydrogen) atoms. The fourth-order valence-electron chi connectivity index (χ4n) is 2.48. The number of aromatic amines is 1. The van der Waals surface area contributed by atoms with Gasteiger partial charge in [-0.1, -0.05) is 19.9 Å². The fourth-order valence-corrected chi connectivity index (χ4v) is 2.48. The maximum atomic E-state index is 5.74. The summed E-state index contributed by atoms with van der Waals surface area (Å²) in [6, 6.07) is 6.42. The Bertz CT molecular complexity index is 532. The maximum Gasteiger partial charge on any atom is 0.136 e. The second kappa shape index (κ2) is 4.15. The van der Waals surface area contributed by atoms with E-state index < -0.39 is 0 Å². The zero-order chi connectivity index (χ0) is 11.8. The van der Waals surface area contributed by atoms with E-state index in [2.05, 4.69) is 42.0 Å². The highest BCUT2D eigenvalue weighted by molar-refractivity contribution is 5.76. The highest BCUT2D eigenvalue weighted by Crippen LogP contribution is 2.33. The van der Waals surface area contributed by atoms with Crippen LogP contribution in [0.3, 0.4) is 0 Å². The Kier molecular flexibility index (Phi) is 2.63. The van der Waals surface area contributed by atoms with Gasteiger partial charge in [-0.25, -0.2) is 4.98 Å². The van der Waals surface area contributed by atoms with Crippen LogP contribution in [-0.4, -0.2) is 16.6 Å². The molecule has 1 aliphatic heterocycles. The molecule has 1 aliphatic rings. The molecular formula is C14H18N2O. The first-order valence-corrected chi connectivity index (χ1v) is 6.38. The van der Waals surface area contributed by atoms with E-state index in [9.17, 15) is 0 Å². The second-order valence-corrected chi connectivity index (χ2v) is 4.88. The molecule has 3 nitrogen and oxygen atoms in total. The van der Waals surface area contributed by atoms with E-state index in [1.54, 1.807) is 0 Å². The third-order valence-corrected chi connectivity index (χ3v) is 3.63. The number of fused-ring (bicyclic) bond motifs is 1. The Hall–Kier alpha value is -1.35. The number of nitrogens with one attached hydrogen (secondary N) is 1. The molecule has 1 aromatic heterocycles. The molecule has 1 aromatic carbocycles. The van der Waals surface area contributed by atoms with Gasteiger partial charge in [0, 0.05) is 6.61 Å². The monoisotopic (exact) mass is 230 g/mol. The predicted molar refractivity (Wildman–Crippen MR) is 67.9 cm³/mol. The molecular weight excluding hydrogens is 212 g/mol. The standard InChI is InChI=1S/C14H18N2O/c1-3-10-4-5-11-12(8-10)16-14(15-11)13-9(2)6-7-17-13/h4-5,8-9,13H,3,6-7H2,1-2H3,(H,15,16). The number of hydrogen-bond acceptors (Lipinski definition) is 2. The van der Waals surface area contributed by atoms with Gasteiger partial charge in [0.15, 0.2) is 0 Å². The third kappa shape index (κ3) is 1.84. The lowest BCUT2D eigenvalue weighted by atomic mass is 10.0. The van der Waals surface area contributed by atoms with Crippen molar-refractivity contribution in [1.82, 2.24) is 9.97 Å². The molecule has 0 radical (unpaired) electrons. The summed E-state index contributed by atoms with van der Waals surface area (Å²) in [6.07, 6.45) is 2.33. The van der Waals surface area contributed by atoms with Gasteiger partial charge in [0.2, 0.25) is 0 Å². The molecule has 2 aromatic rings. The molecule has 0 saturated carbocycles. The Labute approximate surface area is 101 Å². The number of H-pyrrole nitrogens is 1. The molecule has 2 heterocycles. The van der Waals surface area contributed by atoms with E-state index in [1.165, 1.54) is 5.56 Å². The summed E-state index contributed by atoms with van der Waals surface area (Å²) in [6.45, 7) is 5.24. The Morgan fingerprint density at radius 1 is 1.47 bits per heavy atom. The first-order chi connectivity index (χ1) is 8.28. The van der Waals surface area contributed by atoms with Crippen LogP contribution in [0.1, 0.15) is 37.8 Å². The zero-order valence-electron chi connectivity index (χ0n) is 10.4. The highest BCUT2D eigenvalue weighted by atomic mass is 16.5. The Balaban J connectivity index is 2.01. The Morgan fingerprint density at radius 2 is 2.35 bits per heavy atom. The fraction of sp³-hybridized carbons (Fsp3) is 0.500. The van der Waals surface area contributed by atoms with Crippen LogP contribution in [-0.2, 0) is 11.2 Å². The Morgan fingerprint density at radius 3 is 3.06 bits per heavy atom. The number of benzene rings is 1. The number of aromatic nitrogens is 2. The molecule has 2 unspecified atom stereocenters. The molecule has 2 atom stereocenters. The summed E-state index contributed by atoms with van der Waals surface area (Å²) in [5.74, 6) is 1.54. The first kappa shape index (κ1) is 10.8. The van der Waals surface area contributed by atoms with Crippen LogP contribution in [0.25, 0.3) is 11.0 Å². The molecule has 1 N–H and O–H groups in total. The van der Waals surface area contributed by atoms with Gasteiger partial charge in [-0.05, 0) is 36.5 Å². The molecule has 0 aliphatic carbocycles. The van der Waals surface area contributed by atoms with Crippen LogP contribution in [0.15, 0.2) is 18.2 Å². The highest BCUT2D eigenvalue weighted by Gasteiger charge is 2.28. The summed E-state index contributed by atoms with van der Waals surface area (Å²) in [4.78, 5) is 8.05. The number of rotatable bonds is 2. The SMILES string of the molecule is CCc1ccc2nc(C3OCCC3C)[nH]c2c1. The zero-order valence-corrected chi connectivity index (χ0v) is 10.4. The number of imidazole rings is 1. The van der Waals surface area contributed by atoms with Crippen molar-refractivity contribution < 1.29 is 4.74 Å². The van der Waals surface area contributed by atoms with Crippen molar-refractivity contribution in [3.05, 3.63) is 29.6 Å². The van der Waals surface area contributed by atoms with Gasteiger partial charge in [-0.3, -0.25) is 0 Å². The van der Waals surface area contributed by atoms with Gasteiger partial charge >= 0.3 is 0 Å². The average Bonchev–Trinajstić information content (AvgIpc) is 2.93. The third-order valence-electron chi connectivity index (χ3n) is 3.63. The summed E-state index contributed by atoms with van der Waals surface area (Å²) in [5.41, 5.74) is 3.51. The smallest absolute Gasteiger partial charge is 0.136 e. The number of hydrogen-bond donors (Lipinski definition) is 1. The molecule has 1 saturated heterocycles. The summed E-state index contributed by atoms with van der Waals surface area (Å²) in [5, 5.41) is 0. The van der Waals surface area contributed by atoms with Crippen molar-refractivity contribution in [1.29, 1.82) is 0 Å². The van der Waals surface area contributed by atoms with Crippen LogP contribution >= 0.6 is 0 Å². The lowest BCUT2D eigenvalue weighted by Gasteiger charge is -2.10. The largest absolute Gasteiger partial charge is 0.370 e. The molecule has 3 rings (SSSR count). The molecule has 90 valence electrons. The van der Waals surface area contributed by atoms with E-state index >= 15 is 0 Å².